The lowest BCUT2D eigenvalue weighted by Gasteiger charge is -2.24. The van der Waals surface area contributed by atoms with Crippen LogP contribution in [0.15, 0.2) is 0 Å². The van der Waals surface area contributed by atoms with Gasteiger partial charge in [0.1, 0.15) is 25.5 Å². The molecule has 19 heteroatoms. The molecule has 0 aliphatic rings. The number of rotatable bonds is 42. The minimum atomic E-state index is -1.19. The summed E-state index contributed by atoms with van der Waals surface area (Å²) in [6, 6.07) is -1.15. The molecular formula is C39H70IN5O13. The number of unbranched alkanes of at least 4 members (excludes halogenated alkanes) is 10. The molecule has 2 atom stereocenters. The van der Waals surface area contributed by atoms with Crippen LogP contribution in [0.2, 0.25) is 0 Å². The zero-order valence-electron chi connectivity index (χ0n) is 34.4. The topological polar surface area (TPSA) is 257 Å². The molecule has 0 aliphatic heterocycles. The van der Waals surface area contributed by atoms with Crippen LogP contribution in [-0.4, -0.2) is 136 Å². The van der Waals surface area contributed by atoms with Crippen LogP contribution in [0.3, 0.4) is 0 Å². The third-order valence-corrected chi connectivity index (χ3v) is 10.2. The average molecular weight is 944 g/mol. The molecule has 4 amide bonds. The van der Waals surface area contributed by atoms with E-state index in [0.29, 0.717) is 25.8 Å². The fraction of sp³-hybridized carbons (Fsp3) is 0.821. The van der Waals surface area contributed by atoms with Gasteiger partial charge in [-0.2, -0.15) is 0 Å². The lowest BCUT2D eigenvalue weighted by molar-refractivity contribution is -0.142. The molecule has 0 heterocycles. The number of carbonyl (C=O) groups excluding carboxylic acids is 5. The third-order valence-electron chi connectivity index (χ3n) is 9.10. The highest BCUT2D eigenvalue weighted by molar-refractivity contribution is 14.1. The number of aliphatic carboxylic acids is 2. The summed E-state index contributed by atoms with van der Waals surface area (Å²) in [5.41, 5.74) is -0.518. The second kappa shape index (κ2) is 38.2. The van der Waals surface area contributed by atoms with Crippen molar-refractivity contribution in [3.8, 4) is 0 Å². The largest absolute Gasteiger partial charge is 0.481 e. The van der Waals surface area contributed by atoms with Crippen molar-refractivity contribution in [3.05, 3.63) is 0 Å². The normalized spacial score (nSPS) is 12.6. The molecule has 0 unspecified atom stereocenters. The molecule has 0 radical (unpaired) electrons. The fourth-order valence-corrected chi connectivity index (χ4v) is 6.29. The summed E-state index contributed by atoms with van der Waals surface area (Å²) in [6.07, 6.45) is 13.9. The number of halogens is 1. The summed E-state index contributed by atoms with van der Waals surface area (Å²) in [7, 11) is 0. The van der Waals surface area contributed by atoms with Crippen molar-refractivity contribution in [2.24, 2.45) is 0 Å². The number of amides is 4. The average Bonchev–Trinajstić information content (AvgIpc) is 3.20. The molecule has 0 rings (SSSR count). The van der Waals surface area contributed by atoms with Gasteiger partial charge in [-0.25, -0.2) is 8.32 Å². The molecule has 0 spiro atoms. The zero-order chi connectivity index (χ0) is 43.1. The van der Waals surface area contributed by atoms with E-state index in [1.807, 2.05) is 29.8 Å². The summed E-state index contributed by atoms with van der Waals surface area (Å²) in [5.74, 6) is -3.20. The van der Waals surface area contributed by atoms with Crippen molar-refractivity contribution in [2.45, 2.75) is 134 Å². The Morgan fingerprint density at radius 1 is 0.586 bits per heavy atom. The number of hydrogen-bond acceptors (Lipinski definition) is 12. The van der Waals surface area contributed by atoms with Gasteiger partial charge in [0.25, 0.3) is 0 Å². The zero-order valence-corrected chi connectivity index (χ0v) is 36.6. The Bertz CT molecular complexity index is 1150. The molecule has 0 saturated carbocycles. The molecule has 0 saturated heterocycles. The van der Waals surface area contributed by atoms with Gasteiger partial charge in [-0.3, -0.25) is 24.0 Å². The van der Waals surface area contributed by atoms with Crippen LogP contribution < -0.4 is 24.8 Å². The molecule has 0 aromatic rings. The van der Waals surface area contributed by atoms with Gasteiger partial charge in [-0.1, -0.05) is 58.3 Å². The summed E-state index contributed by atoms with van der Waals surface area (Å²) in [5, 5.41) is 28.7. The van der Waals surface area contributed by atoms with E-state index in [1.54, 1.807) is 0 Å². The maximum atomic E-state index is 12.3. The Kier molecular flexibility index (Phi) is 36.3. The predicted molar refractivity (Wildman–Crippen MR) is 224 cm³/mol. The maximum absolute atomic E-state index is 12.3. The van der Waals surface area contributed by atoms with Crippen molar-refractivity contribution in [3.63, 3.8) is 0 Å². The smallest absolute Gasteiger partial charge is 0.326 e. The quantitative estimate of drug-likeness (QED) is 0.0201. The number of ether oxygens (including phenoxy) is 4. The molecule has 0 aliphatic carbocycles. The van der Waals surface area contributed by atoms with Gasteiger partial charge >= 0.3 is 11.9 Å². The highest BCUT2D eigenvalue weighted by atomic mass is 127. The minimum Gasteiger partial charge on any atom is -0.481 e. The molecule has 0 aromatic heterocycles. The van der Waals surface area contributed by atoms with E-state index in [-0.39, 0.29) is 115 Å². The molecule has 58 heavy (non-hydrogen) atoms. The second-order valence-corrected chi connectivity index (χ2v) is 14.5. The molecular weight excluding hydrogens is 873 g/mol. The van der Waals surface area contributed by atoms with Crippen LogP contribution in [0.5, 0.6) is 0 Å². The molecule has 7 N–H and O–H groups in total. The maximum Gasteiger partial charge on any atom is 0.326 e. The first-order valence-corrected chi connectivity index (χ1v) is 21.8. The van der Waals surface area contributed by atoms with Gasteiger partial charge in [-0.05, 0) is 44.9 Å². The first-order valence-electron chi connectivity index (χ1n) is 20.7. The lowest BCUT2D eigenvalue weighted by Crippen LogP contribution is -2.41. The first-order chi connectivity index (χ1) is 28.0. The van der Waals surface area contributed by atoms with Gasteiger partial charge in [0.2, 0.25) is 23.6 Å². The van der Waals surface area contributed by atoms with Crippen molar-refractivity contribution in [1.82, 2.24) is 24.8 Å². The molecule has 18 nitrogen and oxygen atoms in total. The van der Waals surface area contributed by atoms with Crippen molar-refractivity contribution >= 4 is 64.7 Å². The monoisotopic (exact) mass is 943 g/mol. The number of carboxylic acid groups (broad SMARTS) is 2. The van der Waals surface area contributed by atoms with Crippen molar-refractivity contribution in [1.29, 1.82) is 0 Å². The fourth-order valence-electron chi connectivity index (χ4n) is 5.51. The minimum absolute atomic E-state index is 0.0366. The van der Waals surface area contributed by atoms with Gasteiger partial charge in [0.05, 0.1) is 45.2 Å². The summed E-state index contributed by atoms with van der Waals surface area (Å²) >= 11 is 1.99. The summed E-state index contributed by atoms with van der Waals surface area (Å²) < 4.78 is 24.4. The van der Waals surface area contributed by atoms with Crippen LogP contribution >= 0.6 is 22.9 Å². The van der Waals surface area contributed by atoms with Crippen LogP contribution in [0.1, 0.15) is 122 Å². The van der Waals surface area contributed by atoms with E-state index in [9.17, 15) is 38.7 Å². The van der Waals surface area contributed by atoms with Crippen LogP contribution in [0.25, 0.3) is 0 Å². The Labute approximate surface area is 357 Å². The SMILES string of the molecule is CC[C@@](C=O)(CCCCNC(=O)COCCOCCNC(=O)COCCOCCNC(=O)CC[C@H](NC(=O)CCCCCCCCCCCCC(=O)O)C(=O)O)NI. The number of carbonyl (C=O) groups is 7. The number of hydrogen-bond donors (Lipinski definition) is 7. The lowest BCUT2D eigenvalue weighted by atomic mass is 9.93. The molecule has 0 fully saturated rings. The first kappa shape index (κ1) is 55.0. The van der Waals surface area contributed by atoms with Crippen molar-refractivity contribution < 1.29 is 62.7 Å². The molecule has 0 aromatic carbocycles. The van der Waals surface area contributed by atoms with Gasteiger partial charge in [-0.15, -0.1) is 0 Å². The van der Waals surface area contributed by atoms with Crippen LogP contribution in [0, 0.1) is 0 Å². The van der Waals surface area contributed by atoms with E-state index in [4.69, 9.17) is 24.1 Å². The van der Waals surface area contributed by atoms with Gasteiger partial charge in [0.15, 0.2) is 0 Å². The van der Waals surface area contributed by atoms with Crippen molar-refractivity contribution in [2.75, 3.05) is 72.5 Å². The molecule has 0 bridgehead atoms. The summed E-state index contributed by atoms with van der Waals surface area (Å²) in [4.78, 5) is 81.6. The summed E-state index contributed by atoms with van der Waals surface area (Å²) in [6.45, 7) is 4.01. The van der Waals surface area contributed by atoms with Gasteiger partial charge in [0, 0.05) is 61.8 Å². The second-order valence-electron chi connectivity index (χ2n) is 14.0. The number of carboxylic acids is 2. The van der Waals surface area contributed by atoms with Gasteiger partial charge < -0.3 is 55.2 Å². The van der Waals surface area contributed by atoms with E-state index >= 15 is 0 Å². The van der Waals surface area contributed by atoms with E-state index < -0.39 is 23.5 Å². The van der Waals surface area contributed by atoms with Crippen LogP contribution in [-0.2, 0) is 52.5 Å². The standard InChI is InChI=1S/C39H70IN5O13/c1-2-39(31-46,45-40)19-13-14-20-41-35(49)29-57-27-26-56-24-22-43-36(50)30-58-28-25-55-23-21-42-33(47)18-17-32(38(53)54)44-34(48)15-11-9-7-5-3-4-6-8-10-12-16-37(51)52/h31-32,45H,2-30H2,1H3,(H,41,49)(H,42,47)(H,43,50)(H,44,48)(H,51,52)(H,53,54)/t32-,39-/m0/s1. The number of nitrogens with one attached hydrogen (secondary N) is 5. The highest BCUT2D eigenvalue weighted by Gasteiger charge is 2.25. The Morgan fingerprint density at radius 3 is 1.55 bits per heavy atom. The van der Waals surface area contributed by atoms with E-state index in [2.05, 4.69) is 24.8 Å². The highest BCUT2D eigenvalue weighted by Crippen LogP contribution is 2.17. The molecule has 336 valence electrons. The Balaban J connectivity index is 3.69. The number of aldehydes is 1. The van der Waals surface area contributed by atoms with E-state index in [1.165, 1.54) is 0 Å². The Hall–Kier alpha value is -2.98. The van der Waals surface area contributed by atoms with Crippen LogP contribution in [0.4, 0.5) is 0 Å². The third kappa shape index (κ3) is 33.9. The predicted octanol–water partition coefficient (Wildman–Crippen LogP) is 2.97. The Morgan fingerprint density at radius 2 is 1.07 bits per heavy atom. The van der Waals surface area contributed by atoms with E-state index in [0.717, 1.165) is 76.9 Å².